The van der Waals surface area contributed by atoms with Gasteiger partial charge in [-0.3, -0.25) is 4.90 Å². The molecule has 7 heteroatoms. The molecule has 3 aliphatic heterocycles. The second kappa shape index (κ2) is 9.02. The second-order valence-corrected chi connectivity index (χ2v) is 11.8. The summed E-state index contributed by atoms with van der Waals surface area (Å²) in [5.74, 6) is 3.37. The van der Waals surface area contributed by atoms with Gasteiger partial charge in [0.2, 0.25) is 5.88 Å². The number of aromatic nitrogens is 2. The molecule has 1 atom stereocenters. The van der Waals surface area contributed by atoms with Crippen molar-refractivity contribution >= 4 is 27.2 Å². The molecule has 3 aromatic rings. The first kappa shape index (κ1) is 22.0. The van der Waals surface area contributed by atoms with E-state index in [-0.39, 0.29) is 0 Å². The molecule has 0 bridgehead atoms. The van der Waals surface area contributed by atoms with E-state index < -0.39 is 0 Å². The molecule has 5 heterocycles. The Kier molecular flexibility index (Phi) is 5.67. The smallest absolute Gasteiger partial charge is 0.231 e. The minimum atomic E-state index is 0.733. The fourth-order valence-electron chi connectivity index (χ4n) is 6.40. The summed E-state index contributed by atoms with van der Waals surface area (Å²) in [6.45, 7) is 8.88. The summed E-state index contributed by atoms with van der Waals surface area (Å²) in [5, 5.41) is 1.17. The van der Waals surface area contributed by atoms with Crippen molar-refractivity contribution < 1.29 is 9.47 Å². The van der Waals surface area contributed by atoms with Crippen molar-refractivity contribution in [2.45, 2.75) is 58.4 Å². The Bertz CT molecular complexity index is 1260. The van der Waals surface area contributed by atoms with E-state index in [0.29, 0.717) is 0 Å². The summed E-state index contributed by atoms with van der Waals surface area (Å²) in [4.78, 5) is 17.7. The first-order valence-electron chi connectivity index (χ1n) is 13.4. The van der Waals surface area contributed by atoms with Crippen molar-refractivity contribution in [3.05, 3.63) is 39.5 Å². The standard InChI is InChI=1S/C28H34N4O2S/c1-18-6-8-21-23(16-18)35-28-25(21)27(29-24(30-28)17-31-12-14-33-15-13-31)34-22-9-7-19-4-2-10-32-11-3-5-20(22)26(19)32/h7,9,18H,2-6,8,10-17H2,1H3. The third-order valence-corrected chi connectivity index (χ3v) is 9.36. The van der Waals surface area contributed by atoms with E-state index in [2.05, 4.69) is 28.9 Å². The number of morpholine rings is 1. The quantitative estimate of drug-likeness (QED) is 0.505. The number of thiophene rings is 1. The van der Waals surface area contributed by atoms with Gasteiger partial charge in [-0.05, 0) is 68.1 Å². The molecule has 35 heavy (non-hydrogen) atoms. The third kappa shape index (κ3) is 4.02. The molecule has 1 unspecified atom stereocenters. The van der Waals surface area contributed by atoms with Crippen molar-refractivity contribution in [1.29, 1.82) is 0 Å². The van der Waals surface area contributed by atoms with Crippen molar-refractivity contribution in [1.82, 2.24) is 14.9 Å². The number of fused-ring (bicyclic) bond motifs is 3. The molecule has 0 radical (unpaired) electrons. The molecule has 1 aromatic carbocycles. The van der Waals surface area contributed by atoms with Gasteiger partial charge in [-0.1, -0.05) is 13.0 Å². The Balaban J connectivity index is 1.32. The van der Waals surface area contributed by atoms with Gasteiger partial charge < -0.3 is 14.4 Å². The number of benzene rings is 1. The Morgan fingerprint density at radius 2 is 1.89 bits per heavy atom. The van der Waals surface area contributed by atoms with E-state index in [1.165, 1.54) is 71.4 Å². The first-order chi connectivity index (χ1) is 17.2. The average molecular weight is 491 g/mol. The number of ether oxygens (including phenoxy) is 2. The van der Waals surface area contributed by atoms with Gasteiger partial charge in [0.25, 0.3) is 0 Å². The SMILES string of the molecule is CC1CCc2c(sc3nc(CN4CCOCC4)nc(Oc4ccc5c6c4CCCN6CCC5)c23)C1. The van der Waals surface area contributed by atoms with Gasteiger partial charge in [0.15, 0.2) is 0 Å². The highest BCUT2D eigenvalue weighted by Crippen LogP contribution is 2.45. The summed E-state index contributed by atoms with van der Waals surface area (Å²) in [5.41, 5.74) is 5.75. The number of rotatable bonds is 4. The zero-order valence-corrected chi connectivity index (χ0v) is 21.5. The predicted molar refractivity (Wildman–Crippen MR) is 140 cm³/mol. The Morgan fingerprint density at radius 1 is 1.03 bits per heavy atom. The van der Waals surface area contributed by atoms with Gasteiger partial charge in [0.05, 0.1) is 25.1 Å². The number of aryl methyl sites for hydroxylation is 2. The molecular weight excluding hydrogens is 456 g/mol. The molecule has 0 spiro atoms. The lowest BCUT2D eigenvalue weighted by Crippen LogP contribution is -2.36. The van der Waals surface area contributed by atoms with E-state index in [0.717, 1.165) is 80.3 Å². The molecular formula is C28H34N4O2S. The largest absolute Gasteiger partial charge is 0.438 e. The van der Waals surface area contributed by atoms with Gasteiger partial charge in [0.1, 0.15) is 16.4 Å². The van der Waals surface area contributed by atoms with Crippen LogP contribution in [0.25, 0.3) is 10.2 Å². The Hall–Kier alpha value is -2.22. The van der Waals surface area contributed by atoms with Gasteiger partial charge in [-0.25, -0.2) is 4.98 Å². The topological polar surface area (TPSA) is 50.7 Å². The normalized spacial score (nSPS) is 22.2. The molecule has 1 aliphatic carbocycles. The average Bonchev–Trinajstić information content (AvgIpc) is 3.24. The summed E-state index contributed by atoms with van der Waals surface area (Å²) < 4.78 is 12.4. The van der Waals surface area contributed by atoms with E-state index >= 15 is 0 Å². The Morgan fingerprint density at radius 3 is 2.77 bits per heavy atom. The van der Waals surface area contributed by atoms with Crippen LogP contribution in [0.2, 0.25) is 0 Å². The fourth-order valence-corrected chi connectivity index (χ4v) is 7.79. The lowest BCUT2D eigenvalue weighted by atomic mass is 9.89. The Labute approximate surface area is 211 Å². The minimum absolute atomic E-state index is 0.733. The highest BCUT2D eigenvalue weighted by atomic mass is 32.1. The van der Waals surface area contributed by atoms with Crippen LogP contribution in [0.4, 0.5) is 5.69 Å². The number of nitrogens with zero attached hydrogens (tertiary/aromatic N) is 4. The van der Waals surface area contributed by atoms with Crippen LogP contribution in [0.3, 0.4) is 0 Å². The lowest BCUT2D eigenvalue weighted by molar-refractivity contribution is 0.0330. The first-order valence-corrected chi connectivity index (χ1v) is 14.2. The van der Waals surface area contributed by atoms with Crippen LogP contribution in [-0.4, -0.2) is 54.3 Å². The molecule has 184 valence electrons. The van der Waals surface area contributed by atoms with E-state index in [1.807, 2.05) is 11.3 Å². The summed E-state index contributed by atoms with van der Waals surface area (Å²) in [6, 6.07) is 4.50. The number of anilines is 1. The summed E-state index contributed by atoms with van der Waals surface area (Å²) in [6.07, 6.45) is 8.19. The molecule has 7 rings (SSSR count). The van der Waals surface area contributed by atoms with Crippen LogP contribution in [0.5, 0.6) is 11.6 Å². The maximum Gasteiger partial charge on any atom is 0.231 e. The maximum atomic E-state index is 6.83. The maximum absolute atomic E-state index is 6.83. The molecule has 4 aliphatic rings. The third-order valence-electron chi connectivity index (χ3n) is 8.21. The monoisotopic (exact) mass is 490 g/mol. The van der Waals surface area contributed by atoms with Crippen LogP contribution in [0.1, 0.15) is 53.6 Å². The minimum Gasteiger partial charge on any atom is -0.438 e. The van der Waals surface area contributed by atoms with Crippen molar-refractivity contribution in [2.75, 3.05) is 44.3 Å². The van der Waals surface area contributed by atoms with Gasteiger partial charge in [-0.15, -0.1) is 11.3 Å². The molecule has 0 saturated carbocycles. The predicted octanol–water partition coefficient (Wildman–Crippen LogP) is 5.14. The van der Waals surface area contributed by atoms with Crippen LogP contribution in [0.15, 0.2) is 12.1 Å². The molecule has 6 nitrogen and oxygen atoms in total. The van der Waals surface area contributed by atoms with E-state index in [1.54, 1.807) is 0 Å². The van der Waals surface area contributed by atoms with Crippen LogP contribution < -0.4 is 9.64 Å². The van der Waals surface area contributed by atoms with Gasteiger partial charge in [-0.2, -0.15) is 4.98 Å². The zero-order valence-electron chi connectivity index (χ0n) is 20.6. The van der Waals surface area contributed by atoms with E-state index in [9.17, 15) is 0 Å². The van der Waals surface area contributed by atoms with Gasteiger partial charge >= 0.3 is 0 Å². The second-order valence-electron chi connectivity index (χ2n) is 10.7. The number of hydrogen-bond acceptors (Lipinski definition) is 7. The molecule has 0 N–H and O–H groups in total. The lowest BCUT2D eigenvalue weighted by Gasteiger charge is -2.37. The number of hydrogen-bond donors (Lipinski definition) is 0. The fraction of sp³-hybridized carbons (Fsp3) is 0.571. The van der Waals surface area contributed by atoms with Gasteiger partial charge in [0, 0.05) is 42.3 Å². The molecule has 0 amide bonds. The summed E-state index contributed by atoms with van der Waals surface area (Å²) >= 11 is 1.87. The van der Waals surface area contributed by atoms with Crippen LogP contribution in [0, 0.1) is 5.92 Å². The van der Waals surface area contributed by atoms with Crippen molar-refractivity contribution in [2.24, 2.45) is 5.92 Å². The van der Waals surface area contributed by atoms with E-state index in [4.69, 9.17) is 19.4 Å². The molecule has 1 fully saturated rings. The summed E-state index contributed by atoms with van der Waals surface area (Å²) in [7, 11) is 0. The van der Waals surface area contributed by atoms with Crippen LogP contribution >= 0.6 is 11.3 Å². The van der Waals surface area contributed by atoms with Crippen molar-refractivity contribution in [3.63, 3.8) is 0 Å². The molecule has 2 aromatic heterocycles. The van der Waals surface area contributed by atoms with Crippen molar-refractivity contribution in [3.8, 4) is 11.6 Å². The highest BCUT2D eigenvalue weighted by molar-refractivity contribution is 7.18. The van der Waals surface area contributed by atoms with Crippen LogP contribution in [-0.2, 0) is 37.0 Å². The molecule has 1 saturated heterocycles. The highest BCUT2D eigenvalue weighted by Gasteiger charge is 2.29. The zero-order chi connectivity index (χ0) is 23.4.